The third-order valence-electron chi connectivity index (χ3n) is 4.32. The van der Waals surface area contributed by atoms with E-state index in [0.717, 1.165) is 22.5 Å². The van der Waals surface area contributed by atoms with Crippen molar-refractivity contribution in [2.45, 2.75) is 26.4 Å². The fourth-order valence-electron chi connectivity index (χ4n) is 2.92. The van der Waals surface area contributed by atoms with Gasteiger partial charge in [0.1, 0.15) is 0 Å². The van der Waals surface area contributed by atoms with E-state index < -0.39 is 0 Å². The number of hydrogen-bond donors (Lipinski definition) is 1. The van der Waals surface area contributed by atoms with Crippen LogP contribution >= 0.6 is 0 Å². The van der Waals surface area contributed by atoms with Crippen molar-refractivity contribution in [2.24, 2.45) is 5.73 Å². The minimum Gasteiger partial charge on any atom is -0.369 e. The van der Waals surface area contributed by atoms with Gasteiger partial charge in [0.15, 0.2) is 0 Å². The normalized spacial score (nSPS) is 11.2. The molecule has 0 saturated heterocycles. The Bertz CT molecular complexity index is 856. The summed E-state index contributed by atoms with van der Waals surface area (Å²) in [4.78, 5) is 13.5. The van der Waals surface area contributed by atoms with Crippen LogP contribution in [0, 0.1) is 0 Å². The zero-order valence-electron chi connectivity index (χ0n) is 15.2. The highest BCUT2D eigenvalue weighted by atomic mass is 16.1. The van der Waals surface area contributed by atoms with Crippen molar-refractivity contribution in [3.8, 4) is 16.9 Å². The SMILES string of the molecule is CC(C)N(CC(N)=O)Cc1cn(-c2ccccc2)nc1-c1ccccc1. The lowest BCUT2D eigenvalue weighted by Crippen LogP contribution is -2.38. The second-order valence-corrected chi connectivity index (χ2v) is 6.61. The lowest BCUT2D eigenvalue weighted by molar-refractivity contribution is -0.119. The van der Waals surface area contributed by atoms with E-state index >= 15 is 0 Å². The summed E-state index contributed by atoms with van der Waals surface area (Å²) in [5.74, 6) is -0.324. The first-order valence-electron chi connectivity index (χ1n) is 8.76. The van der Waals surface area contributed by atoms with Crippen LogP contribution in [0.25, 0.3) is 16.9 Å². The van der Waals surface area contributed by atoms with Crippen molar-refractivity contribution in [2.75, 3.05) is 6.54 Å². The maximum Gasteiger partial charge on any atom is 0.231 e. The van der Waals surface area contributed by atoms with Crippen molar-refractivity contribution in [3.63, 3.8) is 0 Å². The van der Waals surface area contributed by atoms with Crippen LogP contribution in [-0.2, 0) is 11.3 Å². The molecule has 5 heteroatoms. The van der Waals surface area contributed by atoms with Crippen LogP contribution in [0.5, 0.6) is 0 Å². The number of aromatic nitrogens is 2. The van der Waals surface area contributed by atoms with Crippen molar-refractivity contribution < 1.29 is 4.79 Å². The molecule has 0 bridgehead atoms. The smallest absolute Gasteiger partial charge is 0.231 e. The van der Waals surface area contributed by atoms with Gasteiger partial charge < -0.3 is 5.73 Å². The van der Waals surface area contributed by atoms with E-state index in [9.17, 15) is 4.79 Å². The zero-order valence-corrected chi connectivity index (χ0v) is 15.2. The van der Waals surface area contributed by atoms with E-state index in [2.05, 4.69) is 30.9 Å². The van der Waals surface area contributed by atoms with Crippen molar-refractivity contribution in [3.05, 3.63) is 72.4 Å². The van der Waals surface area contributed by atoms with Gasteiger partial charge in [-0.2, -0.15) is 5.10 Å². The molecule has 26 heavy (non-hydrogen) atoms. The Labute approximate surface area is 154 Å². The Morgan fingerprint density at radius 3 is 2.27 bits per heavy atom. The minimum atomic E-state index is -0.324. The molecule has 0 fully saturated rings. The van der Waals surface area contributed by atoms with E-state index in [4.69, 9.17) is 10.8 Å². The standard InChI is InChI=1S/C21H24N4O/c1-16(2)24(15-20(22)26)13-18-14-25(19-11-7-4-8-12-19)23-21(18)17-9-5-3-6-10-17/h3-12,14,16H,13,15H2,1-2H3,(H2,22,26). The van der Waals surface area contributed by atoms with E-state index in [-0.39, 0.29) is 18.5 Å². The highest BCUT2D eigenvalue weighted by Gasteiger charge is 2.18. The zero-order chi connectivity index (χ0) is 18.5. The van der Waals surface area contributed by atoms with Crippen LogP contribution < -0.4 is 5.73 Å². The average Bonchev–Trinajstić information content (AvgIpc) is 3.06. The van der Waals surface area contributed by atoms with Gasteiger partial charge >= 0.3 is 0 Å². The van der Waals surface area contributed by atoms with Gasteiger partial charge in [-0.1, -0.05) is 48.5 Å². The van der Waals surface area contributed by atoms with E-state index in [1.54, 1.807) is 0 Å². The van der Waals surface area contributed by atoms with Crippen molar-refractivity contribution in [1.82, 2.24) is 14.7 Å². The number of nitrogens with zero attached hydrogens (tertiary/aromatic N) is 3. The van der Waals surface area contributed by atoms with E-state index in [1.165, 1.54) is 0 Å². The molecule has 134 valence electrons. The highest BCUT2D eigenvalue weighted by molar-refractivity contribution is 5.76. The molecule has 0 spiro atoms. The molecule has 2 N–H and O–H groups in total. The number of para-hydroxylation sites is 1. The summed E-state index contributed by atoms with van der Waals surface area (Å²) in [6.45, 7) is 4.96. The molecule has 1 aromatic heterocycles. The Kier molecular flexibility index (Phi) is 5.49. The second kappa shape index (κ2) is 7.97. The maximum atomic E-state index is 11.4. The lowest BCUT2D eigenvalue weighted by atomic mass is 10.1. The topological polar surface area (TPSA) is 64.2 Å². The molecule has 3 aromatic rings. The Morgan fingerprint density at radius 1 is 1.08 bits per heavy atom. The highest BCUT2D eigenvalue weighted by Crippen LogP contribution is 2.25. The Morgan fingerprint density at radius 2 is 1.69 bits per heavy atom. The van der Waals surface area contributed by atoms with Gasteiger partial charge in [-0.15, -0.1) is 0 Å². The third-order valence-corrected chi connectivity index (χ3v) is 4.32. The van der Waals surface area contributed by atoms with Gasteiger partial charge in [0.2, 0.25) is 5.91 Å². The molecule has 2 aromatic carbocycles. The van der Waals surface area contributed by atoms with Gasteiger partial charge in [0, 0.05) is 29.9 Å². The van der Waals surface area contributed by atoms with Crippen LogP contribution in [0.2, 0.25) is 0 Å². The molecule has 0 unspecified atom stereocenters. The summed E-state index contributed by atoms with van der Waals surface area (Å²) in [5.41, 5.74) is 9.47. The molecule has 0 saturated carbocycles. The van der Waals surface area contributed by atoms with Crippen LogP contribution in [0.1, 0.15) is 19.4 Å². The molecule has 1 heterocycles. The van der Waals surface area contributed by atoms with E-state index in [0.29, 0.717) is 6.54 Å². The summed E-state index contributed by atoms with van der Waals surface area (Å²) in [6.07, 6.45) is 2.04. The Hall–Kier alpha value is -2.92. The molecule has 5 nitrogen and oxygen atoms in total. The van der Waals surface area contributed by atoms with Gasteiger partial charge in [0.25, 0.3) is 0 Å². The molecule has 3 rings (SSSR count). The summed E-state index contributed by atoms with van der Waals surface area (Å²) >= 11 is 0. The molecular weight excluding hydrogens is 324 g/mol. The molecule has 0 aliphatic heterocycles. The molecule has 0 aliphatic carbocycles. The van der Waals surface area contributed by atoms with Gasteiger partial charge in [-0.3, -0.25) is 9.69 Å². The number of rotatable bonds is 7. The number of benzene rings is 2. The van der Waals surface area contributed by atoms with Crippen LogP contribution in [0.15, 0.2) is 66.9 Å². The number of carbonyl (C=O) groups is 1. The molecule has 0 aliphatic rings. The van der Waals surface area contributed by atoms with E-state index in [1.807, 2.05) is 59.4 Å². The van der Waals surface area contributed by atoms with Crippen LogP contribution in [0.4, 0.5) is 0 Å². The summed E-state index contributed by atoms with van der Waals surface area (Å²) < 4.78 is 1.89. The second-order valence-electron chi connectivity index (χ2n) is 6.61. The van der Waals surface area contributed by atoms with Gasteiger partial charge in [-0.05, 0) is 26.0 Å². The van der Waals surface area contributed by atoms with Gasteiger partial charge in [-0.25, -0.2) is 4.68 Å². The number of carbonyl (C=O) groups excluding carboxylic acids is 1. The van der Waals surface area contributed by atoms with Gasteiger partial charge in [0.05, 0.1) is 17.9 Å². The number of amides is 1. The monoisotopic (exact) mass is 348 g/mol. The first-order valence-corrected chi connectivity index (χ1v) is 8.76. The van der Waals surface area contributed by atoms with Crippen LogP contribution in [-0.4, -0.2) is 33.2 Å². The summed E-state index contributed by atoms with van der Waals surface area (Å²) in [7, 11) is 0. The largest absolute Gasteiger partial charge is 0.369 e. The molecule has 0 radical (unpaired) electrons. The fraction of sp³-hybridized carbons (Fsp3) is 0.238. The number of primary amides is 1. The molecular formula is C21H24N4O. The third kappa shape index (κ3) is 4.18. The maximum absolute atomic E-state index is 11.4. The quantitative estimate of drug-likeness (QED) is 0.713. The molecule has 0 atom stereocenters. The summed E-state index contributed by atoms with van der Waals surface area (Å²) in [6, 6.07) is 20.3. The predicted molar refractivity (Wildman–Crippen MR) is 104 cm³/mol. The molecule has 1 amide bonds. The number of hydrogen-bond acceptors (Lipinski definition) is 3. The lowest BCUT2D eigenvalue weighted by Gasteiger charge is -2.24. The first kappa shape index (κ1) is 17.9. The van der Waals surface area contributed by atoms with Crippen molar-refractivity contribution >= 4 is 5.91 Å². The fourth-order valence-corrected chi connectivity index (χ4v) is 2.92. The number of nitrogens with two attached hydrogens (primary N) is 1. The average molecular weight is 348 g/mol. The Balaban J connectivity index is 2.02. The minimum absolute atomic E-state index is 0.200. The van der Waals surface area contributed by atoms with Crippen molar-refractivity contribution in [1.29, 1.82) is 0 Å². The van der Waals surface area contributed by atoms with Crippen LogP contribution in [0.3, 0.4) is 0 Å². The predicted octanol–water partition coefficient (Wildman–Crippen LogP) is 3.24. The first-order chi connectivity index (χ1) is 12.5. The summed E-state index contributed by atoms with van der Waals surface area (Å²) in [5, 5.41) is 4.82.